The summed E-state index contributed by atoms with van der Waals surface area (Å²) in [6, 6.07) is 6.35. The van der Waals surface area contributed by atoms with Crippen molar-refractivity contribution in [3.63, 3.8) is 0 Å². The Morgan fingerprint density at radius 2 is 0.714 bits per heavy atom. The van der Waals surface area contributed by atoms with Crippen molar-refractivity contribution in [2.75, 3.05) is 0 Å². The lowest BCUT2D eigenvalue weighted by Gasteiger charge is -2.15. The molecule has 0 aromatic heterocycles. The summed E-state index contributed by atoms with van der Waals surface area (Å²) in [7, 11) is 0. The van der Waals surface area contributed by atoms with Crippen molar-refractivity contribution in [2.24, 2.45) is 0 Å². The third-order valence-electron chi connectivity index (χ3n) is 2.62. The quantitative estimate of drug-likeness (QED) is 0.267. The highest BCUT2D eigenvalue weighted by Gasteiger charge is 2.19. The maximum atomic E-state index is 3.62. The Labute approximate surface area is 190 Å². The molecule has 0 unspecified atom stereocenters. The van der Waals surface area contributed by atoms with Crippen molar-refractivity contribution in [2.45, 2.75) is 6.42 Å². The maximum absolute atomic E-state index is 3.62. The van der Waals surface area contributed by atoms with Gasteiger partial charge in [-0.15, -0.1) is 0 Å². The van der Waals surface area contributed by atoms with Crippen molar-refractivity contribution < 1.29 is 0 Å². The summed E-state index contributed by atoms with van der Waals surface area (Å²) in [4.78, 5) is 0. The molecule has 0 saturated heterocycles. The molecule has 0 aliphatic rings. The van der Waals surface area contributed by atoms with E-state index in [-0.39, 0.29) is 0 Å². The summed E-state index contributed by atoms with van der Waals surface area (Å²) in [5.74, 6) is 0. The molecular formula is C13H2Br8. The van der Waals surface area contributed by atoms with Crippen molar-refractivity contribution in [3.8, 4) is 0 Å². The fourth-order valence-electron chi connectivity index (χ4n) is 1.62. The predicted octanol–water partition coefficient (Wildman–Crippen LogP) is 8.98. The third-order valence-corrected chi connectivity index (χ3v) is 10.6. The van der Waals surface area contributed by atoms with Crippen LogP contribution in [0.5, 0.6) is 0 Å². The van der Waals surface area contributed by atoms with Crippen LogP contribution in [0.3, 0.4) is 0 Å². The fraction of sp³-hybridized carbons (Fsp3) is 0.0769. The van der Waals surface area contributed by atoms with Gasteiger partial charge in [0.05, 0.1) is 0 Å². The Morgan fingerprint density at radius 3 is 0.952 bits per heavy atom. The van der Waals surface area contributed by atoms with E-state index in [1.807, 2.05) is 0 Å². The lowest BCUT2D eigenvalue weighted by atomic mass is 10.1. The summed E-state index contributed by atoms with van der Waals surface area (Å²) in [5.41, 5.74) is 2.22. The molecule has 0 bridgehead atoms. The number of rotatable bonds is 2. The second kappa shape index (κ2) is 8.11. The maximum Gasteiger partial charge on any atom is 0.0411 e. The first-order valence-corrected chi connectivity index (χ1v) is 11.6. The third kappa shape index (κ3) is 4.28. The first-order chi connectivity index (χ1) is 9.73. The Balaban J connectivity index is 2.64. The van der Waals surface area contributed by atoms with E-state index in [1.54, 1.807) is 0 Å². The lowest BCUT2D eigenvalue weighted by molar-refractivity contribution is 1.12. The van der Waals surface area contributed by atoms with E-state index in [9.17, 15) is 0 Å². The highest BCUT2D eigenvalue weighted by Crippen LogP contribution is 2.43. The first kappa shape index (κ1) is 19.6. The summed E-state index contributed by atoms with van der Waals surface area (Å²) < 4.78 is 7.38. The van der Waals surface area contributed by atoms with Gasteiger partial charge in [-0.05, 0) is 139 Å². The van der Waals surface area contributed by atoms with Crippen LogP contribution in [0, 0.1) is 12.1 Å². The molecule has 0 amide bonds. The highest BCUT2D eigenvalue weighted by molar-refractivity contribution is 9.14. The van der Waals surface area contributed by atoms with Gasteiger partial charge < -0.3 is 0 Å². The molecule has 110 valence electrons. The van der Waals surface area contributed by atoms with E-state index in [0.717, 1.165) is 46.9 Å². The standard InChI is InChI=1S/C13H2Br8/c14-6-2-7(15)11(19)4(10(6)18)1-5-12(20)8(16)3-9(17)13(5)21/h1H2. The van der Waals surface area contributed by atoms with Crippen LogP contribution in [0.2, 0.25) is 0 Å². The summed E-state index contributed by atoms with van der Waals surface area (Å²) in [6.45, 7) is 0. The molecule has 0 nitrogen and oxygen atoms in total. The van der Waals surface area contributed by atoms with Crippen LogP contribution in [-0.2, 0) is 6.42 Å². The van der Waals surface area contributed by atoms with E-state index in [2.05, 4.69) is 140 Å². The minimum Gasteiger partial charge on any atom is -0.0492 e. The van der Waals surface area contributed by atoms with Gasteiger partial charge in [-0.3, -0.25) is 0 Å². The zero-order valence-corrected chi connectivity index (χ0v) is 22.4. The van der Waals surface area contributed by atoms with Crippen molar-refractivity contribution in [3.05, 3.63) is 59.0 Å². The van der Waals surface area contributed by atoms with E-state index < -0.39 is 0 Å². The molecule has 2 aromatic carbocycles. The van der Waals surface area contributed by atoms with E-state index in [4.69, 9.17) is 0 Å². The molecule has 2 radical (unpaired) electrons. The Kier molecular flexibility index (Phi) is 7.57. The molecule has 2 aromatic rings. The molecule has 0 atom stereocenters. The number of hydrogen-bond acceptors (Lipinski definition) is 0. The molecule has 0 saturated carbocycles. The minimum absolute atomic E-state index is 0.708. The topological polar surface area (TPSA) is 0 Å². The fourth-order valence-corrected chi connectivity index (χ4v) is 6.19. The molecule has 0 aliphatic heterocycles. The van der Waals surface area contributed by atoms with Gasteiger partial charge in [0.15, 0.2) is 0 Å². The van der Waals surface area contributed by atoms with E-state index in [0.29, 0.717) is 6.42 Å². The Hall–Kier alpha value is 2.28. The average molecular weight is 797 g/mol. The number of hydrogen-bond donors (Lipinski definition) is 0. The van der Waals surface area contributed by atoms with Gasteiger partial charge in [-0.25, -0.2) is 0 Å². The van der Waals surface area contributed by atoms with Gasteiger partial charge in [0.2, 0.25) is 0 Å². The first-order valence-electron chi connectivity index (χ1n) is 5.22. The molecule has 0 aliphatic carbocycles. The predicted molar refractivity (Wildman–Crippen MR) is 115 cm³/mol. The van der Waals surface area contributed by atoms with Crippen molar-refractivity contribution in [1.29, 1.82) is 0 Å². The molecule has 0 spiro atoms. The van der Waals surface area contributed by atoms with E-state index in [1.165, 1.54) is 0 Å². The second-order valence-electron chi connectivity index (χ2n) is 3.90. The molecule has 2 rings (SSSR count). The highest BCUT2D eigenvalue weighted by atomic mass is 79.9. The van der Waals surface area contributed by atoms with Gasteiger partial charge in [-0.1, -0.05) is 0 Å². The molecular weight excluding hydrogens is 795 g/mol. The van der Waals surface area contributed by atoms with Crippen LogP contribution in [0.15, 0.2) is 35.8 Å². The van der Waals surface area contributed by atoms with Crippen LogP contribution in [-0.4, -0.2) is 0 Å². The molecule has 0 N–H and O–H groups in total. The minimum atomic E-state index is 0.708. The number of halogens is 8. The smallest absolute Gasteiger partial charge is 0.0411 e. The number of benzene rings is 2. The Morgan fingerprint density at radius 1 is 0.476 bits per heavy atom. The van der Waals surface area contributed by atoms with Gasteiger partial charge in [0, 0.05) is 54.3 Å². The Bertz CT molecular complexity index is 609. The van der Waals surface area contributed by atoms with Crippen LogP contribution >= 0.6 is 127 Å². The lowest BCUT2D eigenvalue weighted by Crippen LogP contribution is -1.97. The summed E-state index contributed by atoms with van der Waals surface area (Å²) in [5, 5.41) is 0. The van der Waals surface area contributed by atoms with Crippen LogP contribution in [0.4, 0.5) is 0 Å². The largest absolute Gasteiger partial charge is 0.0492 e. The van der Waals surface area contributed by atoms with Crippen molar-refractivity contribution >= 4 is 127 Å². The molecule has 8 heteroatoms. The van der Waals surface area contributed by atoms with Crippen LogP contribution < -0.4 is 0 Å². The van der Waals surface area contributed by atoms with Crippen molar-refractivity contribution in [1.82, 2.24) is 0 Å². The molecule has 21 heavy (non-hydrogen) atoms. The van der Waals surface area contributed by atoms with Gasteiger partial charge in [0.25, 0.3) is 0 Å². The summed E-state index contributed by atoms with van der Waals surface area (Å²) in [6.07, 6.45) is 0.708. The average Bonchev–Trinajstić information content (AvgIpc) is 2.42. The van der Waals surface area contributed by atoms with Crippen LogP contribution in [0.1, 0.15) is 11.1 Å². The zero-order chi connectivity index (χ0) is 15.9. The van der Waals surface area contributed by atoms with Gasteiger partial charge >= 0.3 is 0 Å². The van der Waals surface area contributed by atoms with Crippen LogP contribution in [0.25, 0.3) is 0 Å². The summed E-state index contributed by atoms with van der Waals surface area (Å²) >= 11 is 28.5. The van der Waals surface area contributed by atoms with Gasteiger partial charge in [-0.2, -0.15) is 0 Å². The van der Waals surface area contributed by atoms with E-state index >= 15 is 0 Å². The SMILES string of the molecule is Brc1[c]c(Br)c(Br)c(Cc2c(Br)c(Br)[c]c(Br)c2Br)c1Br. The van der Waals surface area contributed by atoms with Gasteiger partial charge in [0.1, 0.15) is 0 Å². The monoisotopic (exact) mass is 789 g/mol. The molecule has 0 heterocycles. The zero-order valence-electron chi connectivity index (χ0n) is 9.73. The molecule has 0 fully saturated rings. The normalized spacial score (nSPS) is 11.0. The second-order valence-corrected chi connectivity index (χ2v) is 10.2.